The van der Waals surface area contributed by atoms with Gasteiger partial charge >= 0.3 is 0 Å². The van der Waals surface area contributed by atoms with Crippen LogP contribution in [0.1, 0.15) is 0 Å². The SMILES string of the molecule is c1ccc(-c2ccc(N(c3ccc(-c4ccc5c(ccc6ccc7c8ccccc8sc7c65)c4)cc3)c3cccc4ccccc34)cc2)cc1. The van der Waals surface area contributed by atoms with Gasteiger partial charge in [-0.15, -0.1) is 11.3 Å². The summed E-state index contributed by atoms with van der Waals surface area (Å²) < 4.78 is 2.71. The summed E-state index contributed by atoms with van der Waals surface area (Å²) in [5.41, 5.74) is 8.25. The molecule has 1 heterocycles. The molecule has 9 aromatic carbocycles. The van der Waals surface area contributed by atoms with Gasteiger partial charge in [-0.25, -0.2) is 0 Å². The van der Waals surface area contributed by atoms with Gasteiger partial charge in [-0.2, -0.15) is 0 Å². The van der Waals surface area contributed by atoms with Crippen LogP contribution in [0.2, 0.25) is 0 Å². The molecule has 0 bridgehead atoms. The Balaban J connectivity index is 1.06. The normalized spacial score (nSPS) is 11.6. The first-order chi connectivity index (χ1) is 24.8. The predicted molar refractivity (Wildman–Crippen MR) is 217 cm³/mol. The Morgan fingerprint density at radius 1 is 0.340 bits per heavy atom. The topological polar surface area (TPSA) is 3.24 Å². The summed E-state index contributed by atoms with van der Waals surface area (Å²) in [6.45, 7) is 0. The molecule has 234 valence electrons. The van der Waals surface area contributed by atoms with E-state index in [9.17, 15) is 0 Å². The van der Waals surface area contributed by atoms with Gasteiger partial charge in [0.25, 0.3) is 0 Å². The number of fused-ring (bicyclic) bond motifs is 8. The van der Waals surface area contributed by atoms with E-state index in [2.05, 4.69) is 193 Å². The molecule has 1 nitrogen and oxygen atoms in total. The number of thiophene rings is 1. The van der Waals surface area contributed by atoms with Crippen LogP contribution in [-0.4, -0.2) is 0 Å². The molecular formula is C48H31NS. The average Bonchev–Trinajstić information content (AvgIpc) is 3.58. The summed E-state index contributed by atoms with van der Waals surface area (Å²) in [7, 11) is 0. The third-order valence-corrected chi connectivity index (χ3v) is 11.2. The van der Waals surface area contributed by atoms with Gasteiger partial charge in [-0.1, -0.05) is 146 Å². The van der Waals surface area contributed by atoms with Crippen molar-refractivity contribution in [2.45, 2.75) is 0 Å². The molecule has 2 heteroatoms. The summed E-state index contributed by atoms with van der Waals surface area (Å²) in [4.78, 5) is 2.38. The zero-order valence-electron chi connectivity index (χ0n) is 27.3. The number of anilines is 3. The van der Waals surface area contributed by atoms with Gasteiger partial charge in [-0.05, 0) is 86.3 Å². The lowest BCUT2D eigenvalue weighted by Crippen LogP contribution is -2.10. The monoisotopic (exact) mass is 653 g/mol. The summed E-state index contributed by atoms with van der Waals surface area (Å²) in [5.74, 6) is 0. The lowest BCUT2D eigenvalue weighted by atomic mass is 9.96. The summed E-state index contributed by atoms with van der Waals surface area (Å²) in [6, 6.07) is 68.6. The standard InChI is InChI=1S/C48H31NS/c1-2-9-32(10-3-1)33-19-25-39(26-20-33)49(45-15-8-12-35-11-4-5-13-41(35)45)40-27-21-34(22-28-40)37-24-29-42-38(31-37)18-17-36-23-30-44-43-14-6-7-16-46(43)50-48(44)47(36)42/h1-31H. The van der Waals surface area contributed by atoms with E-state index in [0.29, 0.717) is 0 Å². The van der Waals surface area contributed by atoms with Gasteiger partial charge in [0.05, 0.1) is 5.69 Å². The molecule has 1 aromatic heterocycles. The molecule has 0 saturated carbocycles. The zero-order valence-corrected chi connectivity index (χ0v) is 28.1. The smallest absolute Gasteiger partial charge is 0.0540 e. The first-order valence-corrected chi connectivity index (χ1v) is 17.9. The van der Waals surface area contributed by atoms with Crippen molar-refractivity contribution < 1.29 is 0 Å². The average molecular weight is 654 g/mol. The second-order valence-corrected chi connectivity index (χ2v) is 14.0. The summed E-state index contributed by atoms with van der Waals surface area (Å²) >= 11 is 1.90. The number of rotatable bonds is 5. The zero-order chi connectivity index (χ0) is 33.0. The predicted octanol–water partition coefficient (Wildman–Crippen LogP) is 14.3. The summed E-state index contributed by atoms with van der Waals surface area (Å²) in [5, 5.41) is 10.3. The largest absolute Gasteiger partial charge is 0.310 e. The van der Waals surface area contributed by atoms with Crippen LogP contribution in [0.4, 0.5) is 17.1 Å². The molecule has 50 heavy (non-hydrogen) atoms. The Kier molecular flexibility index (Phi) is 6.75. The Bertz CT molecular complexity index is 2840. The van der Waals surface area contributed by atoms with Gasteiger partial charge < -0.3 is 4.90 Å². The van der Waals surface area contributed by atoms with Gasteiger partial charge in [0.2, 0.25) is 0 Å². The molecule has 0 saturated heterocycles. The third kappa shape index (κ3) is 4.76. The highest BCUT2D eigenvalue weighted by Crippen LogP contribution is 2.43. The van der Waals surface area contributed by atoms with E-state index in [0.717, 1.165) is 17.1 Å². The maximum atomic E-state index is 2.38. The van der Waals surface area contributed by atoms with Crippen LogP contribution >= 0.6 is 11.3 Å². The minimum atomic E-state index is 1.12. The lowest BCUT2D eigenvalue weighted by molar-refractivity contribution is 1.30. The van der Waals surface area contributed by atoms with Gasteiger partial charge in [0.1, 0.15) is 0 Å². The van der Waals surface area contributed by atoms with Crippen LogP contribution in [-0.2, 0) is 0 Å². The molecule has 10 aromatic rings. The van der Waals surface area contributed by atoms with E-state index in [1.165, 1.54) is 74.7 Å². The van der Waals surface area contributed by atoms with E-state index >= 15 is 0 Å². The third-order valence-electron chi connectivity index (χ3n) is 10.0. The first-order valence-electron chi connectivity index (χ1n) is 17.1. The highest BCUT2D eigenvalue weighted by Gasteiger charge is 2.16. The van der Waals surface area contributed by atoms with Gasteiger partial charge in [-0.3, -0.25) is 0 Å². The number of hydrogen-bond acceptors (Lipinski definition) is 2. The van der Waals surface area contributed by atoms with Crippen LogP contribution in [0.5, 0.6) is 0 Å². The molecule has 0 amide bonds. The molecular weight excluding hydrogens is 623 g/mol. The van der Waals surface area contributed by atoms with E-state index in [1.807, 2.05) is 11.3 Å². The van der Waals surface area contributed by atoms with Crippen LogP contribution < -0.4 is 4.90 Å². The van der Waals surface area contributed by atoms with Crippen molar-refractivity contribution in [2.24, 2.45) is 0 Å². The molecule has 0 aliphatic heterocycles. The second kappa shape index (κ2) is 11.7. The van der Waals surface area contributed by atoms with Crippen LogP contribution in [0.25, 0.3) is 74.7 Å². The van der Waals surface area contributed by atoms with Crippen molar-refractivity contribution in [1.82, 2.24) is 0 Å². The van der Waals surface area contributed by atoms with E-state index in [1.54, 1.807) is 0 Å². The van der Waals surface area contributed by atoms with Gasteiger partial charge in [0.15, 0.2) is 0 Å². The van der Waals surface area contributed by atoms with E-state index < -0.39 is 0 Å². The highest BCUT2D eigenvalue weighted by molar-refractivity contribution is 7.26. The van der Waals surface area contributed by atoms with Crippen LogP contribution in [0, 0.1) is 0 Å². The molecule has 0 N–H and O–H groups in total. The molecule has 10 rings (SSSR count). The fourth-order valence-electron chi connectivity index (χ4n) is 7.58. The molecule has 0 radical (unpaired) electrons. The fourth-order valence-corrected chi connectivity index (χ4v) is 8.85. The molecule has 0 unspecified atom stereocenters. The Morgan fingerprint density at radius 2 is 0.920 bits per heavy atom. The first kappa shape index (κ1) is 28.8. The molecule has 0 spiro atoms. The molecule has 0 atom stereocenters. The van der Waals surface area contributed by atoms with Gasteiger partial charge in [0, 0.05) is 42.3 Å². The van der Waals surface area contributed by atoms with Crippen LogP contribution in [0.3, 0.4) is 0 Å². The Hall–Kier alpha value is -6.22. The summed E-state index contributed by atoms with van der Waals surface area (Å²) in [6.07, 6.45) is 0. The maximum Gasteiger partial charge on any atom is 0.0540 e. The van der Waals surface area contributed by atoms with Crippen molar-refractivity contribution in [3.05, 3.63) is 188 Å². The highest BCUT2D eigenvalue weighted by atomic mass is 32.1. The Morgan fingerprint density at radius 3 is 1.72 bits per heavy atom. The Labute approximate surface area is 294 Å². The van der Waals surface area contributed by atoms with Crippen molar-refractivity contribution in [3.63, 3.8) is 0 Å². The number of hydrogen-bond donors (Lipinski definition) is 0. The van der Waals surface area contributed by atoms with E-state index in [4.69, 9.17) is 0 Å². The van der Waals surface area contributed by atoms with Crippen molar-refractivity contribution in [3.8, 4) is 22.3 Å². The minimum Gasteiger partial charge on any atom is -0.310 e. The quantitative estimate of drug-likeness (QED) is 0.167. The minimum absolute atomic E-state index is 1.12. The molecule has 0 aliphatic carbocycles. The van der Waals surface area contributed by atoms with E-state index in [-0.39, 0.29) is 0 Å². The molecule has 0 aliphatic rings. The maximum absolute atomic E-state index is 2.38. The van der Waals surface area contributed by atoms with Crippen molar-refractivity contribution in [1.29, 1.82) is 0 Å². The lowest BCUT2D eigenvalue weighted by Gasteiger charge is -2.27. The second-order valence-electron chi connectivity index (χ2n) is 12.9. The fraction of sp³-hybridized carbons (Fsp3) is 0. The van der Waals surface area contributed by atoms with Crippen molar-refractivity contribution >= 4 is 80.9 Å². The number of nitrogens with zero attached hydrogens (tertiary/aromatic N) is 1. The number of benzene rings is 9. The van der Waals surface area contributed by atoms with Crippen LogP contribution in [0.15, 0.2) is 188 Å². The van der Waals surface area contributed by atoms with Crippen molar-refractivity contribution in [2.75, 3.05) is 4.90 Å². The molecule has 0 fully saturated rings.